The van der Waals surface area contributed by atoms with Crippen LogP contribution in [0, 0.1) is 0 Å². The fourth-order valence-corrected chi connectivity index (χ4v) is 4.62. The number of carboxylic acids is 1. The topological polar surface area (TPSA) is 72.6 Å². The molecule has 0 spiro atoms. The van der Waals surface area contributed by atoms with E-state index < -0.39 is 11.9 Å². The van der Waals surface area contributed by atoms with Gasteiger partial charge in [-0.25, -0.2) is 4.98 Å². The average molecular weight is 434 g/mol. The Morgan fingerprint density at radius 1 is 1.06 bits per heavy atom. The largest absolute Gasteiger partial charge is 0.489 e. The second kappa shape index (κ2) is 8.45. The zero-order chi connectivity index (χ0) is 22.9. The molecule has 5 heteroatoms. The molecule has 1 heterocycles. The highest BCUT2D eigenvalue weighted by Crippen LogP contribution is 2.46. The van der Waals surface area contributed by atoms with E-state index in [0.717, 1.165) is 16.9 Å². The van der Waals surface area contributed by atoms with Gasteiger partial charge in [-0.15, -0.1) is 0 Å². The third kappa shape index (κ3) is 4.57. The number of carbonyl (C=O) groups is 1. The molecule has 1 aromatic heterocycles. The summed E-state index contributed by atoms with van der Waals surface area (Å²) >= 11 is 0. The fourth-order valence-electron chi connectivity index (χ4n) is 4.62. The SMILES string of the molecule is CC1(C)CCC(C)(C)c2cc(COc3ccc(C(CC(=O)O)c4ncco4)cc3)ccc21. The minimum absolute atomic E-state index is 0.0814. The molecule has 0 bridgehead atoms. The lowest BCUT2D eigenvalue weighted by Crippen LogP contribution is -2.33. The molecular formula is C27H31NO4. The fraction of sp³-hybridized carbons (Fsp3) is 0.407. The Kier molecular flexibility index (Phi) is 5.85. The summed E-state index contributed by atoms with van der Waals surface area (Å²) in [6.45, 7) is 9.79. The van der Waals surface area contributed by atoms with E-state index in [1.807, 2.05) is 24.3 Å². The van der Waals surface area contributed by atoms with Crippen molar-refractivity contribution in [3.8, 4) is 5.75 Å². The van der Waals surface area contributed by atoms with Crippen LogP contribution in [-0.2, 0) is 22.2 Å². The predicted octanol–water partition coefficient (Wildman–Crippen LogP) is 6.21. The molecule has 0 aliphatic heterocycles. The number of oxazole rings is 1. The lowest BCUT2D eigenvalue weighted by atomic mass is 9.63. The lowest BCUT2D eigenvalue weighted by Gasteiger charge is -2.42. The Bertz CT molecular complexity index is 1080. The molecule has 0 saturated carbocycles. The van der Waals surface area contributed by atoms with Crippen molar-refractivity contribution in [3.63, 3.8) is 0 Å². The van der Waals surface area contributed by atoms with E-state index in [9.17, 15) is 9.90 Å². The number of benzene rings is 2. The van der Waals surface area contributed by atoms with Crippen LogP contribution in [0.4, 0.5) is 0 Å². The quantitative estimate of drug-likeness (QED) is 0.480. The molecule has 0 radical (unpaired) electrons. The Balaban J connectivity index is 1.49. The Hall–Kier alpha value is -3.08. The van der Waals surface area contributed by atoms with Gasteiger partial charge in [0.05, 0.1) is 18.5 Å². The maximum absolute atomic E-state index is 11.3. The average Bonchev–Trinajstić information content (AvgIpc) is 3.29. The number of aliphatic carboxylic acids is 1. The van der Waals surface area contributed by atoms with Crippen molar-refractivity contribution in [1.29, 1.82) is 0 Å². The van der Waals surface area contributed by atoms with Gasteiger partial charge in [-0.05, 0) is 58.1 Å². The van der Waals surface area contributed by atoms with Gasteiger partial charge in [-0.3, -0.25) is 4.79 Å². The summed E-state index contributed by atoms with van der Waals surface area (Å²) in [5, 5.41) is 9.27. The van der Waals surface area contributed by atoms with E-state index in [1.54, 1.807) is 0 Å². The molecule has 1 unspecified atom stereocenters. The summed E-state index contributed by atoms with van der Waals surface area (Å²) in [7, 11) is 0. The molecule has 1 N–H and O–H groups in total. The number of hydrogen-bond acceptors (Lipinski definition) is 4. The summed E-state index contributed by atoms with van der Waals surface area (Å²) < 4.78 is 11.4. The van der Waals surface area contributed by atoms with Gasteiger partial charge in [0, 0.05) is 0 Å². The van der Waals surface area contributed by atoms with Crippen molar-refractivity contribution in [3.05, 3.63) is 83.1 Å². The summed E-state index contributed by atoms with van der Waals surface area (Å²) in [5.74, 6) is -0.178. The molecule has 0 fully saturated rings. The highest BCUT2D eigenvalue weighted by Gasteiger charge is 2.36. The van der Waals surface area contributed by atoms with E-state index in [1.165, 1.54) is 36.4 Å². The van der Waals surface area contributed by atoms with Crippen LogP contribution >= 0.6 is 0 Å². The van der Waals surface area contributed by atoms with Gasteiger partial charge in [0.1, 0.15) is 18.6 Å². The molecule has 2 aromatic carbocycles. The van der Waals surface area contributed by atoms with Crippen LogP contribution in [0.15, 0.2) is 59.3 Å². The highest BCUT2D eigenvalue weighted by atomic mass is 16.5. The van der Waals surface area contributed by atoms with Crippen LogP contribution in [0.2, 0.25) is 0 Å². The minimum atomic E-state index is -0.896. The first-order valence-corrected chi connectivity index (χ1v) is 11.1. The molecular weight excluding hydrogens is 402 g/mol. The third-order valence-electron chi connectivity index (χ3n) is 6.73. The maximum Gasteiger partial charge on any atom is 0.304 e. The van der Waals surface area contributed by atoms with Gasteiger partial charge in [0.2, 0.25) is 5.89 Å². The number of aromatic nitrogens is 1. The van der Waals surface area contributed by atoms with Crippen molar-refractivity contribution in [2.45, 2.75) is 70.3 Å². The van der Waals surface area contributed by atoms with E-state index in [2.05, 4.69) is 50.9 Å². The molecule has 1 aliphatic carbocycles. The summed E-state index contributed by atoms with van der Waals surface area (Å²) in [6, 6.07) is 14.2. The van der Waals surface area contributed by atoms with Crippen LogP contribution in [0.1, 0.15) is 81.0 Å². The van der Waals surface area contributed by atoms with Crippen LogP contribution in [0.3, 0.4) is 0 Å². The molecule has 3 aromatic rings. The van der Waals surface area contributed by atoms with Crippen molar-refractivity contribution in [2.75, 3.05) is 0 Å². The molecule has 0 saturated heterocycles. The van der Waals surface area contributed by atoms with Crippen LogP contribution in [0.25, 0.3) is 0 Å². The van der Waals surface area contributed by atoms with Gasteiger partial charge in [-0.1, -0.05) is 58.0 Å². The van der Waals surface area contributed by atoms with E-state index in [0.29, 0.717) is 12.5 Å². The Morgan fingerprint density at radius 2 is 1.75 bits per heavy atom. The van der Waals surface area contributed by atoms with Gasteiger partial charge in [0.15, 0.2) is 0 Å². The lowest BCUT2D eigenvalue weighted by molar-refractivity contribution is -0.137. The molecule has 32 heavy (non-hydrogen) atoms. The molecule has 168 valence electrons. The number of fused-ring (bicyclic) bond motifs is 1. The summed E-state index contributed by atoms with van der Waals surface area (Å²) in [4.78, 5) is 15.4. The van der Waals surface area contributed by atoms with Gasteiger partial charge in [-0.2, -0.15) is 0 Å². The highest BCUT2D eigenvalue weighted by molar-refractivity contribution is 5.68. The standard InChI is InChI=1S/C27H31NO4/c1-26(2)11-12-27(3,4)23-15-18(5-10-22(23)26)17-32-20-8-6-19(7-9-20)21(16-24(29)30)25-28-13-14-31-25/h5-10,13-15,21H,11-12,16-17H2,1-4H3,(H,29,30). The second-order valence-electron chi connectivity index (χ2n) is 10.0. The van der Waals surface area contributed by atoms with Crippen molar-refractivity contribution in [1.82, 2.24) is 4.98 Å². The zero-order valence-corrected chi connectivity index (χ0v) is 19.2. The number of nitrogens with zero attached hydrogens (tertiary/aromatic N) is 1. The number of carboxylic acid groups (broad SMARTS) is 1. The normalized spacial score (nSPS) is 17.4. The van der Waals surface area contributed by atoms with Crippen molar-refractivity contribution >= 4 is 5.97 Å². The first-order chi connectivity index (χ1) is 15.2. The van der Waals surface area contributed by atoms with Crippen molar-refractivity contribution in [2.24, 2.45) is 0 Å². The van der Waals surface area contributed by atoms with Crippen LogP contribution in [-0.4, -0.2) is 16.1 Å². The van der Waals surface area contributed by atoms with Gasteiger partial charge < -0.3 is 14.3 Å². The van der Waals surface area contributed by atoms with Crippen molar-refractivity contribution < 1.29 is 19.1 Å². The summed E-state index contributed by atoms with van der Waals surface area (Å²) in [6.07, 6.45) is 5.29. The van der Waals surface area contributed by atoms with Gasteiger partial charge in [0.25, 0.3) is 0 Å². The number of rotatable bonds is 7. The molecule has 4 rings (SSSR count). The molecule has 1 atom stereocenters. The number of ether oxygens (including phenoxy) is 1. The third-order valence-corrected chi connectivity index (χ3v) is 6.73. The number of hydrogen-bond donors (Lipinski definition) is 1. The Morgan fingerprint density at radius 3 is 2.38 bits per heavy atom. The first kappa shape index (κ1) is 22.1. The van der Waals surface area contributed by atoms with E-state index in [-0.39, 0.29) is 17.3 Å². The Labute approximate surface area is 189 Å². The summed E-state index contributed by atoms with van der Waals surface area (Å²) in [5.41, 5.74) is 5.23. The maximum atomic E-state index is 11.3. The molecule has 5 nitrogen and oxygen atoms in total. The first-order valence-electron chi connectivity index (χ1n) is 11.1. The van der Waals surface area contributed by atoms with Crippen LogP contribution in [0.5, 0.6) is 5.75 Å². The predicted molar refractivity (Wildman–Crippen MR) is 123 cm³/mol. The molecule has 1 aliphatic rings. The second-order valence-corrected chi connectivity index (χ2v) is 10.0. The zero-order valence-electron chi connectivity index (χ0n) is 19.2. The van der Waals surface area contributed by atoms with Crippen LogP contribution < -0.4 is 4.74 Å². The molecule has 0 amide bonds. The minimum Gasteiger partial charge on any atom is -0.489 e. The van der Waals surface area contributed by atoms with E-state index in [4.69, 9.17) is 9.15 Å². The van der Waals surface area contributed by atoms with E-state index >= 15 is 0 Å². The monoisotopic (exact) mass is 433 g/mol. The van der Waals surface area contributed by atoms with Gasteiger partial charge >= 0.3 is 5.97 Å². The smallest absolute Gasteiger partial charge is 0.304 e.